The SMILES string of the molecule is CCC(CC#N)NC(=O)c1coc2ccccc12. The number of benzene rings is 1. The Morgan fingerprint density at radius 3 is 3.00 bits per heavy atom. The summed E-state index contributed by atoms with van der Waals surface area (Å²) in [6.07, 6.45) is 2.51. The highest BCUT2D eigenvalue weighted by molar-refractivity contribution is 6.05. The second-order valence-corrected chi connectivity index (χ2v) is 4.09. The highest BCUT2D eigenvalue weighted by Crippen LogP contribution is 2.20. The van der Waals surface area contributed by atoms with Crippen molar-refractivity contribution in [2.24, 2.45) is 0 Å². The maximum Gasteiger partial charge on any atom is 0.255 e. The molecule has 0 saturated heterocycles. The summed E-state index contributed by atoms with van der Waals surface area (Å²) in [5.41, 5.74) is 1.21. The lowest BCUT2D eigenvalue weighted by molar-refractivity contribution is 0.0937. The van der Waals surface area contributed by atoms with E-state index in [0.29, 0.717) is 17.6 Å². The number of hydrogen-bond donors (Lipinski definition) is 1. The fourth-order valence-corrected chi connectivity index (χ4v) is 1.82. The fourth-order valence-electron chi connectivity index (χ4n) is 1.82. The Balaban J connectivity index is 2.21. The third-order valence-corrected chi connectivity index (χ3v) is 2.89. The molecule has 1 aromatic heterocycles. The van der Waals surface area contributed by atoms with Gasteiger partial charge in [0.15, 0.2) is 0 Å². The predicted molar refractivity (Wildman–Crippen MR) is 68.0 cm³/mol. The van der Waals surface area contributed by atoms with Gasteiger partial charge in [-0.05, 0) is 12.5 Å². The summed E-state index contributed by atoms with van der Waals surface area (Å²) in [7, 11) is 0. The molecule has 4 nitrogen and oxygen atoms in total. The van der Waals surface area contributed by atoms with Gasteiger partial charge in [-0.15, -0.1) is 0 Å². The summed E-state index contributed by atoms with van der Waals surface area (Å²) in [6.45, 7) is 1.94. The molecule has 1 atom stereocenters. The Morgan fingerprint density at radius 2 is 2.28 bits per heavy atom. The Bertz CT molecular complexity index is 595. The molecule has 1 aromatic carbocycles. The van der Waals surface area contributed by atoms with Crippen molar-refractivity contribution in [3.05, 3.63) is 36.1 Å². The highest BCUT2D eigenvalue weighted by atomic mass is 16.3. The smallest absolute Gasteiger partial charge is 0.255 e. The normalized spacial score (nSPS) is 12.0. The molecule has 0 fully saturated rings. The summed E-state index contributed by atoms with van der Waals surface area (Å²) >= 11 is 0. The number of carbonyl (C=O) groups excluding carboxylic acids is 1. The largest absolute Gasteiger partial charge is 0.463 e. The van der Waals surface area contributed by atoms with Crippen LogP contribution in [-0.2, 0) is 0 Å². The zero-order chi connectivity index (χ0) is 13.0. The van der Waals surface area contributed by atoms with E-state index in [2.05, 4.69) is 11.4 Å². The number of carbonyl (C=O) groups is 1. The van der Waals surface area contributed by atoms with E-state index in [-0.39, 0.29) is 11.9 Å². The number of para-hydroxylation sites is 1. The molecular formula is C14H14N2O2. The zero-order valence-corrected chi connectivity index (χ0v) is 10.1. The number of amides is 1. The number of rotatable bonds is 4. The molecule has 0 spiro atoms. The number of furan rings is 1. The first-order valence-corrected chi connectivity index (χ1v) is 5.90. The zero-order valence-electron chi connectivity index (χ0n) is 10.1. The van der Waals surface area contributed by atoms with E-state index in [1.165, 1.54) is 6.26 Å². The molecule has 4 heteroatoms. The van der Waals surface area contributed by atoms with Crippen LogP contribution in [0.4, 0.5) is 0 Å². The van der Waals surface area contributed by atoms with E-state index >= 15 is 0 Å². The summed E-state index contributed by atoms with van der Waals surface area (Å²) in [5.74, 6) is -0.193. The van der Waals surface area contributed by atoms with Gasteiger partial charge in [0.25, 0.3) is 5.91 Å². The van der Waals surface area contributed by atoms with Gasteiger partial charge in [0.05, 0.1) is 18.1 Å². The van der Waals surface area contributed by atoms with Gasteiger partial charge in [-0.3, -0.25) is 4.79 Å². The summed E-state index contributed by atoms with van der Waals surface area (Å²) in [4.78, 5) is 12.1. The van der Waals surface area contributed by atoms with E-state index in [0.717, 1.165) is 11.8 Å². The van der Waals surface area contributed by atoms with E-state index < -0.39 is 0 Å². The molecule has 0 aliphatic rings. The van der Waals surface area contributed by atoms with Gasteiger partial charge >= 0.3 is 0 Å². The van der Waals surface area contributed by atoms with Crippen LogP contribution in [0.3, 0.4) is 0 Å². The molecule has 1 N–H and O–H groups in total. The summed E-state index contributed by atoms with van der Waals surface area (Å²) < 4.78 is 5.32. The molecule has 1 unspecified atom stereocenters. The minimum absolute atomic E-state index is 0.115. The van der Waals surface area contributed by atoms with E-state index in [1.54, 1.807) is 0 Å². The molecule has 0 saturated carbocycles. The van der Waals surface area contributed by atoms with Crippen LogP contribution in [-0.4, -0.2) is 11.9 Å². The lowest BCUT2D eigenvalue weighted by atomic mass is 10.1. The maximum atomic E-state index is 12.1. The standard InChI is InChI=1S/C14H14N2O2/c1-2-10(7-8-15)16-14(17)12-9-18-13-6-4-3-5-11(12)13/h3-6,9-10H,2,7H2,1H3,(H,16,17). The van der Waals surface area contributed by atoms with Crippen LogP contribution in [0.25, 0.3) is 11.0 Å². The second kappa shape index (κ2) is 5.37. The van der Waals surface area contributed by atoms with Gasteiger partial charge < -0.3 is 9.73 Å². The van der Waals surface area contributed by atoms with Crippen molar-refractivity contribution in [2.45, 2.75) is 25.8 Å². The number of fused-ring (bicyclic) bond motifs is 1. The third-order valence-electron chi connectivity index (χ3n) is 2.89. The number of nitriles is 1. The first-order valence-electron chi connectivity index (χ1n) is 5.90. The summed E-state index contributed by atoms with van der Waals surface area (Å²) in [6, 6.07) is 9.34. The Hall–Kier alpha value is -2.28. The molecule has 1 heterocycles. The number of nitrogens with zero attached hydrogens (tertiary/aromatic N) is 1. The van der Waals surface area contributed by atoms with Gasteiger partial charge in [0, 0.05) is 11.4 Å². The van der Waals surface area contributed by atoms with Gasteiger partial charge in [-0.1, -0.05) is 25.1 Å². The Kier molecular flexibility index (Phi) is 3.63. The average Bonchev–Trinajstić information content (AvgIpc) is 2.82. The van der Waals surface area contributed by atoms with Crippen molar-refractivity contribution in [3.63, 3.8) is 0 Å². The topological polar surface area (TPSA) is 66.0 Å². The molecular weight excluding hydrogens is 228 g/mol. The molecule has 18 heavy (non-hydrogen) atoms. The minimum Gasteiger partial charge on any atom is -0.463 e. The van der Waals surface area contributed by atoms with Crippen molar-refractivity contribution in [1.82, 2.24) is 5.32 Å². The van der Waals surface area contributed by atoms with Crippen LogP contribution in [0.1, 0.15) is 30.1 Å². The van der Waals surface area contributed by atoms with Crippen molar-refractivity contribution < 1.29 is 9.21 Å². The molecule has 0 aliphatic heterocycles. The van der Waals surface area contributed by atoms with Crippen LogP contribution >= 0.6 is 0 Å². The van der Waals surface area contributed by atoms with Gasteiger partial charge in [0.1, 0.15) is 11.8 Å². The molecule has 2 aromatic rings. The third kappa shape index (κ3) is 2.35. The lowest BCUT2D eigenvalue weighted by Gasteiger charge is -2.12. The fraction of sp³-hybridized carbons (Fsp3) is 0.286. The van der Waals surface area contributed by atoms with Gasteiger partial charge in [-0.2, -0.15) is 5.26 Å². The van der Waals surface area contributed by atoms with E-state index in [4.69, 9.17) is 9.68 Å². The van der Waals surface area contributed by atoms with Gasteiger partial charge in [0.2, 0.25) is 0 Å². The van der Waals surface area contributed by atoms with Crippen molar-refractivity contribution >= 4 is 16.9 Å². The highest BCUT2D eigenvalue weighted by Gasteiger charge is 2.16. The molecule has 2 rings (SSSR count). The molecule has 1 amide bonds. The number of hydrogen-bond acceptors (Lipinski definition) is 3. The van der Waals surface area contributed by atoms with E-state index in [9.17, 15) is 4.79 Å². The Morgan fingerprint density at radius 1 is 1.50 bits per heavy atom. The maximum absolute atomic E-state index is 12.1. The van der Waals surface area contributed by atoms with Crippen molar-refractivity contribution in [3.8, 4) is 6.07 Å². The van der Waals surface area contributed by atoms with Gasteiger partial charge in [-0.25, -0.2) is 0 Å². The minimum atomic E-state index is -0.193. The number of nitrogens with one attached hydrogen (secondary N) is 1. The second-order valence-electron chi connectivity index (χ2n) is 4.09. The predicted octanol–water partition coefficient (Wildman–Crippen LogP) is 2.85. The molecule has 0 bridgehead atoms. The van der Waals surface area contributed by atoms with Crippen molar-refractivity contribution in [1.29, 1.82) is 5.26 Å². The average molecular weight is 242 g/mol. The first-order chi connectivity index (χ1) is 8.76. The first kappa shape index (κ1) is 12.2. The molecule has 92 valence electrons. The van der Waals surface area contributed by atoms with Crippen LogP contribution in [0.5, 0.6) is 0 Å². The quantitative estimate of drug-likeness (QED) is 0.896. The summed E-state index contributed by atoms with van der Waals surface area (Å²) in [5, 5.41) is 12.3. The van der Waals surface area contributed by atoms with Crippen LogP contribution in [0.2, 0.25) is 0 Å². The van der Waals surface area contributed by atoms with Crippen LogP contribution in [0.15, 0.2) is 34.9 Å². The van der Waals surface area contributed by atoms with Crippen molar-refractivity contribution in [2.75, 3.05) is 0 Å². The van der Waals surface area contributed by atoms with Crippen LogP contribution < -0.4 is 5.32 Å². The van der Waals surface area contributed by atoms with E-state index in [1.807, 2.05) is 31.2 Å². The molecule has 0 radical (unpaired) electrons. The monoisotopic (exact) mass is 242 g/mol. The van der Waals surface area contributed by atoms with Crippen LogP contribution in [0, 0.1) is 11.3 Å². The Labute approximate surface area is 105 Å². The molecule has 0 aliphatic carbocycles. The lowest BCUT2D eigenvalue weighted by Crippen LogP contribution is -2.33.